The molecule has 6 nitrogen and oxygen atoms in total. The summed E-state index contributed by atoms with van der Waals surface area (Å²) in [4.78, 5) is 24.0. The number of benzene rings is 2. The average Bonchev–Trinajstić information content (AvgIpc) is 3.07. The van der Waals surface area contributed by atoms with Gasteiger partial charge in [0.25, 0.3) is 0 Å². The van der Waals surface area contributed by atoms with Crippen LogP contribution in [0.1, 0.15) is 17.3 Å². The first kappa shape index (κ1) is 15.9. The summed E-state index contributed by atoms with van der Waals surface area (Å²) in [5, 5.41) is 0. The third-order valence-corrected chi connectivity index (χ3v) is 3.43. The number of hydrogen-bond donors (Lipinski definition) is 0. The molecule has 1 heterocycles. The maximum atomic E-state index is 12.1. The molecule has 0 aromatic heterocycles. The molecule has 0 amide bonds. The van der Waals surface area contributed by atoms with Crippen molar-refractivity contribution in [1.29, 1.82) is 0 Å². The van der Waals surface area contributed by atoms with E-state index in [9.17, 15) is 9.59 Å². The van der Waals surface area contributed by atoms with Crippen molar-refractivity contribution in [3.63, 3.8) is 0 Å². The van der Waals surface area contributed by atoms with Gasteiger partial charge in [0.2, 0.25) is 6.79 Å². The Morgan fingerprint density at radius 1 is 1.08 bits per heavy atom. The van der Waals surface area contributed by atoms with E-state index in [0.717, 1.165) is 0 Å². The van der Waals surface area contributed by atoms with E-state index in [-0.39, 0.29) is 19.2 Å². The monoisotopic (exact) mass is 328 g/mol. The Morgan fingerprint density at radius 3 is 2.62 bits per heavy atom. The van der Waals surface area contributed by atoms with Crippen molar-refractivity contribution >= 4 is 11.8 Å². The molecule has 1 aliphatic heterocycles. The van der Waals surface area contributed by atoms with Crippen molar-refractivity contribution in [2.45, 2.75) is 13.0 Å². The van der Waals surface area contributed by atoms with Gasteiger partial charge in [0, 0.05) is 5.56 Å². The highest BCUT2D eigenvalue weighted by molar-refractivity contribution is 5.98. The second kappa shape index (κ2) is 7.04. The minimum atomic E-state index is -0.808. The second-order valence-corrected chi connectivity index (χ2v) is 5.17. The van der Waals surface area contributed by atoms with Crippen LogP contribution in [0.5, 0.6) is 17.2 Å². The number of fused-ring (bicyclic) bond motifs is 1. The van der Waals surface area contributed by atoms with Gasteiger partial charge in [-0.15, -0.1) is 0 Å². The maximum Gasteiger partial charge on any atom is 0.347 e. The van der Waals surface area contributed by atoms with E-state index < -0.39 is 12.1 Å². The first-order valence-electron chi connectivity index (χ1n) is 7.44. The first-order valence-corrected chi connectivity index (χ1v) is 7.44. The summed E-state index contributed by atoms with van der Waals surface area (Å²) in [6.07, 6.45) is -0.808. The van der Waals surface area contributed by atoms with Crippen LogP contribution < -0.4 is 14.2 Å². The van der Waals surface area contributed by atoms with Gasteiger partial charge in [-0.25, -0.2) is 4.79 Å². The molecule has 1 aliphatic rings. The van der Waals surface area contributed by atoms with Crippen LogP contribution in [0.3, 0.4) is 0 Å². The summed E-state index contributed by atoms with van der Waals surface area (Å²) in [7, 11) is 0. The largest absolute Gasteiger partial charge is 0.479 e. The molecule has 0 radical (unpaired) electrons. The minimum Gasteiger partial charge on any atom is -0.479 e. The van der Waals surface area contributed by atoms with Crippen LogP contribution in [0.2, 0.25) is 0 Å². The van der Waals surface area contributed by atoms with Crippen LogP contribution in [0, 0.1) is 0 Å². The number of para-hydroxylation sites is 1. The Bertz CT molecular complexity index is 740. The lowest BCUT2D eigenvalue weighted by Gasteiger charge is -2.13. The fourth-order valence-electron chi connectivity index (χ4n) is 2.16. The van der Waals surface area contributed by atoms with Gasteiger partial charge >= 0.3 is 5.97 Å². The number of esters is 1. The zero-order valence-electron chi connectivity index (χ0n) is 13.1. The molecule has 1 atom stereocenters. The summed E-state index contributed by atoms with van der Waals surface area (Å²) in [5.41, 5.74) is 0.392. The molecule has 6 heteroatoms. The lowest BCUT2D eigenvalue weighted by molar-refractivity contribution is -0.149. The van der Waals surface area contributed by atoms with Crippen LogP contribution >= 0.6 is 0 Å². The molecule has 3 rings (SSSR count). The molecule has 0 aliphatic carbocycles. The molecule has 124 valence electrons. The Morgan fingerprint density at radius 2 is 1.83 bits per heavy atom. The van der Waals surface area contributed by atoms with Crippen molar-refractivity contribution in [2.24, 2.45) is 0 Å². The number of rotatable bonds is 6. The highest BCUT2D eigenvalue weighted by Crippen LogP contribution is 2.32. The van der Waals surface area contributed by atoms with Crippen LogP contribution in [-0.4, -0.2) is 31.3 Å². The van der Waals surface area contributed by atoms with Gasteiger partial charge in [-0.2, -0.15) is 0 Å². The Hall–Kier alpha value is -3.02. The third kappa shape index (κ3) is 3.65. The molecule has 0 N–H and O–H groups in total. The van der Waals surface area contributed by atoms with Gasteiger partial charge in [-0.3, -0.25) is 4.79 Å². The third-order valence-electron chi connectivity index (χ3n) is 3.43. The molecular weight excluding hydrogens is 312 g/mol. The van der Waals surface area contributed by atoms with Gasteiger partial charge in [-0.05, 0) is 37.3 Å². The van der Waals surface area contributed by atoms with E-state index in [2.05, 4.69) is 0 Å². The summed E-state index contributed by atoms with van der Waals surface area (Å²) < 4.78 is 20.9. The second-order valence-electron chi connectivity index (χ2n) is 5.17. The zero-order valence-corrected chi connectivity index (χ0v) is 13.1. The molecule has 0 bridgehead atoms. The number of ketones is 1. The molecule has 0 spiro atoms. The molecule has 0 saturated heterocycles. The summed E-state index contributed by atoms with van der Waals surface area (Å²) in [5.74, 6) is 0.729. The quantitative estimate of drug-likeness (QED) is 0.600. The zero-order chi connectivity index (χ0) is 16.9. The molecular formula is C18H16O6. The highest BCUT2D eigenvalue weighted by atomic mass is 16.7. The maximum absolute atomic E-state index is 12.1. The van der Waals surface area contributed by atoms with Crippen LogP contribution in [-0.2, 0) is 9.53 Å². The number of Topliss-reactive ketones (excluding diaryl/α,β-unsaturated/α-hetero) is 1. The van der Waals surface area contributed by atoms with E-state index >= 15 is 0 Å². The lowest BCUT2D eigenvalue weighted by atomic mass is 10.1. The van der Waals surface area contributed by atoms with Crippen molar-refractivity contribution in [3.05, 3.63) is 54.1 Å². The van der Waals surface area contributed by atoms with Crippen LogP contribution in [0.4, 0.5) is 0 Å². The molecule has 24 heavy (non-hydrogen) atoms. The molecule has 0 fully saturated rings. The SMILES string of the molecule is C[C@H](Oc1ccccc1)C(=O)OCC(=O)c1ccc2c(c1)OCO2. The molecule has 0 saturated carbocycles. The fourth-order valence-corrected chi connectivity index (χ4v) is 2.16. The molecule has 0 unspecified atom stereocenters. The van der Waals surface area contributed by atoms with Crippen molar-refractivity contribution < 1.29 is 28.5 Å². The van der Waals surface area contributed by atoms with Gasteiger partial charge < -0.3 is 18.9 Å². The van der Waals surface area contributed by atoms with E-state index in [1.807, 2.05) is 6.07 Å². The van der Waals surface area contributed by atoms with Gasteiger partial charge in [0.05, 0.1) is 0 Å². The topological polar surface area (TPSA) is 71.1 Å². The summed E-state index contributed by atoms with van der Waals surface area (Å²) in [6.45, 7) is 1.34. The number of carbonyl (C=O) groups excluding carboxylic acids is 2. The minimum absolute atomic E-state index is 0.135. The number of hydrogen-bond acceptors (Lipinski definition) is 6. The standard InChI is InChI=1S/C18H16O6/c1-12(24-14-5-3-2-4-6-14)18(20)21-10-15(19)13-7-8-16-17(9-13)23-11-22-16/h2-9,12H,10-11H2,1H3/t12-/m0/s1. The van der Waals surface area contributed by atoms with Crippen molar-refractivity contribution in [1.82, 2.24) is 0 Å². The van der Waals surface area contributed by atoms with Gasteiger partial charge in [-0.1, -0.05) is 18.2 Å². The van der Waals surface area contributed by atoms with Crippen molar-refractivity contribution in [3.8, 4) is 17.2 Å². The molecule has 2 aromatic rings. The molecule has 2 aromatic carbocycles. The predicted octanol–water partition coefficient (Wildman–Crippen LogP) is 2.61. The average molecular weight is 328 g/mol. The Kier molecular flexibility index (Phi) is 4.65. The fraction of sp³-hybridized carbons (Fsp3) is 0.222. The van der Waals surface area contributed by atoms with E-state index in [0.29, 0.717) is 22.8 Å². The van der Waals surface area contributed by atoms with E-state index in [1.54, 1.807) is 49.4 Å². The first-order chi connectivity index (χ1) is 11.6. The van der Waals surface area contributed by atoms with Gasteiger partial charge in [0.1, 0.15) is 5.75 Å². The predicted molar refractivity (Wildman–Crippen MR) is 84.4 cm³/mol. The Balaban J connectivity index is 1.53. The van der Waals surface area contributed by atoms with Crippen LogP contribution in [0.25, 0.3) is 0 Å². The van der Waals surface area contributed by atoms with Crippen molar-refractivity contribution in [2.75, 3.05) is 13.4 Å². The van der Waals surface area contributed by atoms with E-state index in [4.69, 9.17) is 18.9 Å². The Labute approximate surface area is 138 Å². The summed E-state index contributed by atoms with van der Waals surface area (Å²) in [6, 6.07) is 13.8. The normalized spacial score (nSPS) is 13.2. The number of ether oxygens (including phenoxy) is 4. The van der Waals surface area contributed by atoms with Gasteiger partial charge in [0.15, 0.2) is 30.0 Å². The van der Waals surface area contributed by atoms with Crippen LogP contribution in [0.15, 0.2) is 48.5 Å². The summed E-state index contributed by atoms with van der Waals surface area (Å²) >= 11 is 0. The van der Waals surface area contributed by atoms with E-state index in [1.165, 1.54) is 0 Å². The highest BCUT2D eigenvalue weighted by Gasteiger charge is 2.20. The lowest BCUT2D eigenvalue weighted by Crippen LogP contribution is -2.28. The number of carbonyl (C=O) groups is 2. The smallest absolute Gasteiger partial charge is 0.347 e.